The van der Waals surface area contributed by atoms with E-state index in [2.05, 4.69) is 10.6 Å². The zero-order valence-corrected chi connectivity index (χ0v) is 22.8. The van der Waals surface area contributed by atoms with Crippen LogP contribution in [0.1, 0.15) is 27.6 Å². The largest absolute Gasteiger partial charge is 0.396 e. The Kier molecular flexibility index (Phi) is 12.2. The number of carbonyl (C=O) groups excluding carboxylic acids is 3. The number of halogens is 4. The van der Waals surface area contributed by atoms with Gasteiger partial charge in [-0.05, 0) is 74.7 Å². The molecule has 168 valence electrons. The number of nitrogens with one attached hydrogen (secondary N) is 2. The van der Waals surface area contributed by atoms with Gasteiger partial charge in [0.15, 0.2) is 5.78 Å². The maximum Gasteiger partial charge on any atom is 0.253 e. The van der Waals surface area contributed by atoms with Gasteiger partial charge in [0.1, 0.15) is 5.38 Å². The van der Waals surface area contributed by atoms with Crippen molar-refractivity contribution in [3.8, 4) is 0 Å². The van der Waals surface area contributed by atoms with Gasteiger partial charge in [-0.3, -0.25) is 14.4 Å². The van der Waals surface area contributed by atoms with Gasteiger partial charge < -0.3 is 31.1 Å². The summed E-state index contributed by atoms with van der Waals surface area (Å²) in [6.07, 6.45) is 0. The van der Waals surface area contributed by atoms with Gasteiger partial charge >= 0.3 is 0 Å². The van der Waals surface area contributed by atoms with E-state index < -0.39 is 61.4 Å². The second-order valence-corrected chi connectivity index (χ2v) is 10.0. The van der Waals surface area contributed by atoms with E-state index in [4.69, 9.17) is 11.6 Å². The molecule has 1 aromatic rings. The van der Waals surface area contributed by atoms with Gasteiger partial charge in [-0.15, -0.1) is 11.6 Å². The van der Waals surface area contributed by atoms with Crippen LogP contribution in [0.15, 0.2) is 0 Å². The molecule has 0 radical (unpaired) electrons. The number of ketones is 1. The number of hydrogen-bond donors (Lipinski definition) is 6. The molecule has 1 aromatic carbocycles. The van der Waals surface area contributed by atoms with Crippen molar-refractivity contribution < 1.29 is 34.8 Å². The summed E-state index contributed by atoms with van der Waals surface area (Å²) < 4.78 is 0.879. The van der Waals surface area contributed by atoms with Crippen molar-refractivity contribution in [1.29, 1.82) is 0 Å². The highest BCUT2D eigenvalue weighted by atomic mass is 127. The van der Waals surface area contributed by atoms with E-state index >= 15 is 0 Å². The van der Waals surface area contributed by atoms with Crippen LogP contribution >= 0.6 is 79.4 Å². The predicted octanol–water partition coefficient (Wildman–Crippen LogP) is 0.933. The SMILES string of the molecule is CC(Cl)C(=O)Nc1c(I)c(C(=O)NC(CO)CO)c(I)c(C(=O)C(CO)CO)c1I. The first-order valence-electron chi connectivity index (χ1n) is 8.49. The Bertz CT molecular complexity index is 815. The number of rotatable bonds is 10. The van der Waals surface area contributed by atoms with Crippen molar-refractivity contribution >= 4 is 103 Å². The van der Waals surface area contributed by atoms with Crippen molar-refractivity contribution in [3.05, 3.63) is 21.8 Å². The standard InChI is InChI=1S/C17H20ClI3N2O7/c1-6(18)16(29)23-14-12(20)9(15(28)7(2-24)3-25)11(19)10(13(14)21)17(30)22-8(4-26)5-27/h6-8,24-27H,2-5H2,1H3,(H,22,30)(H,23,29). The number of carbonyl (C=O) groups is 3. The monoisotopic (exact) mass is 780 g/mol. The molecule has 0 aliphatic carbocycles. The average Bonchev–Trinajstić information content (AvgIpc) is 2.69. The van der Waals surface area contributed by atoms with Crippen molar-refractivity contribution in [2.45, 2.75) is 18.3 Å². The van der Waals surface area contributed by atoms with Crippen LogP contribution in [0.4, 0.5) is 5.69 Å². The summed E-state index contributed by atoms with van der Waals surface area (Å²) in [6.45, 7) is -0.755. The molecule has 30 heavy (non-hydrogen) atoms. The van der Waals surface area contributed by atoms with E-state index in [-0.39, 0.29) is 20.4 Å². The Morgan fingerprint density at radius 3 is 1.83 bits per heavy atom. The zero-order valence-electron chi connectivity index (χ0n) is 15.6. The molecular formula is C17H20ClI3N2O7. The van der Waals surface area contributed by atoms with Crippen molar-refractivity contribution in [2.24, 2.45) is 5.92 Å². The average molecular weight is 781 g/mol. The van der Waals surface area contributed by atoms with Crippen LogP contribution in [0, 0.1) is 16.6 Å². The molecule has 0 bridgehead atoms. The minimum Gasteiger partial charge on any atom is -0.396 e. The normalized spacial score (nSPS) is 12.2. The Morgan fingerprint density at radius 1 is 0.900 bits per heavy atom. The summed E-state index contributed by atoms with van der Waals surface area (Å²) in [6, 6.07) is -0.925. The molecule has 9 nitrogen and oxygen atoms in total. The molecule has 6 N–H and O–H groups in total. The Balaban J connectivity index is 3.74. The van der Waals surface area contributed by atoms with Crippen LogP contribution in [0.2, 0.25) is 0 Å². The topological polar surface area (TPSA) is 156 Å². The summed E-state index contributed by atoms with van der Waals surface area (Å²) in [5.41, 5.74) is 0.276. The molecule has 1 rings (SSSR count). The quantitative estimate of drug-likeness (QED) is 0.117. The molecule has 0 spiro atoms. The van der Waals surface area contributed by atoms with E-state index in [0.717, 1.165) is 0 Å². The maximum absolute atomic E-state index is 13.0. The number of benzene rings is 1. The van der Waals surface area contributed by atoms with E-state index in [9.17, 15) is 34.8 Å². The Labute approximate surface area is 218 Å². The summed E-state index contributed by atoms with van der Waals surface area (Å²) >= 11 is 11.3. The van der Waals surface area contributed by atoms with Crippen molar-refractivity contribution in [3.63, 3.8) is 0 Å². The Hall–Kier alpha value is 0.150. The predicted molar refractivity (Wildman–Crippen MR) is 136 cm³/mol. The summed E-state index contributed by atoms with van der Waals surface area (Å²) in [7, 11) is 0. The van der Waals surface area contributed by atoms with Crippen LogP contribution in [-0.2, 0) is 4.79 Å². The summed E-state index contributed by atoms with van der Waals surface area (Å²) in [5.74, 6) is -2.94. The van der Waals surface area contributed by atoms with Crippen molar-refractivity contribution in [1.82, 2.24) is 5.32 Å². The molecule has 0 aliphatic rings. The lowest BCUT2D eigenvalue weighted by Crippen LogP contribution is -2.41. The van der Waals surface area contributed by atoms with Gasteiger partial charge in [-0.1, -0.05) is 0 Å². The maximum atomic E-state index is 13.0. The highest BCUT2D eigenvalue weighted by Crippen LogP contribution is 2.37. The molecule has 1 atom stereocenters. The second kappa shape index (κ2) is 13.0. The number of hydrogen-bond acceptors (Lipinski definition) is 7. The fraction of sp³-hybridized carbons (Fsp3) is 0.471. The number of aliphatic hydroxyl groups excluding tert-OH is 4. The lowest BCUT2D eigenvalue weighted by Gasteiger charge is -2.22. The molecule has 0 saturated heterocycles. The number of aliphatic hydroxyl groups is 4. The minimum atomic E-state index is -1.11. The first kappa shape index (κ1) is 28.2. The molecule has 0 aliphatic heterocycles. The van der Waals surface area contributed by atoms with Gasteiger partial charge in [0.25, 0.3) is 5.91 Å². The lowest BCUT2D eigenvalue weighted by molar-refractivity contribution is -0.115. The third kappa shape index (κ3) is 6.58. The smallest absolute Gasteiger partial charge is 0.253 e. The molecule has 0 heterocycles. The number of alkyl halides is 1. The zero-order chi connectivity index (χ0) is 23.2. The van der Waals surface area contributed by atoms with Crippen LogP contribution in [0.5, 0.6) is 0 Å². The second-order valence-electron chi connectivity index (χ2n) is 6.13. The fourth-order valence-corrected chi connectivity index (χ4v) is 6.76. The molecule has 0 saturated carbocycles. The van der Waals surface area contributed by atoms with Crippen LogP contribution in [-0.4, -0.2) is 75.9 Å². The molecule has 1 unspecified atom stereocenters. The van der Waals surface area contributed by atoms with Gasteiger partial charge in [0, 0.05) is 12.7 Å². The van der Waals surface area contributed by atoms with E-state index in [1.807, 2.05) is 45.2 Å². The van der Waals surface area contributed by atoms with Crippen LogP contribution in [0.3, 0.4) is 0 Å². The first-order chi connectivity index (χ1) is 14.0. The summed E-state index contributed by atoms with van der Waals surface area (Å²) in [5, 5.41) is 41.6. The number of anilines is 1. The van der Waals surface area contributed by atoms with E-state index in [1.165, 1.54) is 6.92 Å². The first-order valence-corrected chi connectivity index (χ1v) is 12.2. The number of amides is 2. The van der Waals surface area contributed by atoms with Crippen LogP contribution in [0.25, 0.3) is 0 Å². The molecular weight excluding hydrogens is 760 g/mol. The van der Waals surface area contributed by atoms with Gasteiger partial charge in [-0.2, -0.15) is 0 Å². The molecule has 0 aromatic heterocycles. The molecule has 0 fully saturated rings. The summed E-state index contributed by atoms with van der Waals surface area (Å²) in [4.78, 5) is 38.0. The third-order valence-electron chi connectivity index (χ3n) is 3.99. The molecule has 2 amide bonds. The highest BCUT2D eigenvalue weighted by molar-refractivity contribution is 14.1. The number of Topliss-reactive ketones (excluding diaryl/α,β-unsaturated/α-hetero) is 1. The van der Waals surface area contributed by atoms with Gasteiger partial charge in [-0.25, -0.2) is 0 Å². The minimum absolute atomic E-state index is 0.0408. The van der Waals surface area contributed by atoms with Crippen LogP contribution < -0.4 is 10.6 Å². The fourth-order valence-electron chi connectivity index (χ4n) is 2.25. The van der Waals surface area contributed by atoms with E-state index in [0.29, 0.717) is 7.14 Å². The lowest BCUT2D eigenvalue weighted by atomic mass is 9.96. The van der Waals surface area contributed by atoms with Crippen molar-refractivity contribution in [2.75, 3.05) is 31.7 Å². The van der Waals surface area contributed by atoms with Gasteiger partial charge in [0.2, 0.25) is 5.91 Å². The Morgan fingerprint density at radius 2 is 1.40 bits per heavy atom. The molecule has 13 heteroatoms. The highest BCUT2D eigenvalue weighted by Gasteiger charge is 2.32. The van der Waals surface area contributed by atoms with Gasteiger partial charge in [0.05, 0.1) is 53.2 Å². The van der Waals surface area contributed by atoms with E-state index in [1.54, 1.807) is 22.6 Å². The third-order valence-corrected chi connectivity index (χ3v) is 7.42.